The summed E-state index contributed by atoms with van der Waals surface area (Å²) in [5.74, 6) is -2.68. The molecule has 5 unspecified atom stereocenters. The number of fused-ring (bicyclic) bond motifs is 2. The number of rotatable bonds is 10. The first-order chi connectivity index (χ1) is 27.4. The van der Waals surface area contributed by atoms with Crippen molar-refractivity contribution in [3.8, 4) is 17.2 Å². The number of carbonyl (C=O) groups excluding carboxylic acids is 4. The van der Waals surface area contributed by atoms with Gasteiger partial charge in [-0.3, -0.25) is 30.0 Å². The zero-order valence-electron chi connectivity index (χ0n) is 34.1. The van der Waals surface area contributed by atoms with Crippen LogP contribution in [0.3, 0.4) is 0 Å². The summed E-state index contributed by atoms with van der Waals surface area (Å²) in [6.07, 6.45) is 13.2. The summed E-state index contributed by atoms with van der Waals surface area (Å²) in [5.41, 5.74) is 12.7. The van der Waals surface area contributed by atoms with Crippen molar-refractivity contribution in [2.24, 2.45) is 17.0 Å². The molecule has 58 heavy (non-hydrogen) atoms. The van der Waals surface area contributed by atoms with Crippen LogP contribution < -0.4 is 20.3 Å². The van der Waals surface area contributed by atoms with Gasteiger partial charge in [-0.05, 0) is 111 Å². The average Bonchev–Trinajstić information content (AvgIpc) is 3.32. The van der Waals surface area contributed by atoms with Gasteiger partial charge in [0.1, 0.15) is 28.4 Å². The Bertz CT molecular complexity index is 2360. The predicted octanol–water partition coefficient (Wildman–Crippen LogP) is 8.56. The topological polar surface area (TPSA) is 189 Å². The van der Waals surface area contributed by atoms with Crippen molar-refractivity contribution in [3.05, 3.63) is 110 Å². The molecule has 3 aliphatic heterocycles. The molecule has 4 bridgehead atoms. The smallest absolute Gasteiger partial charge is 0.269 e. The Morgan fingerprint density at radius 3 is 2.36 bits per heavy atom. The zero-order chi connectivity index (χ0) is 41.9. The van der Waals surface area contributed by atoms with Crippen LogP contribution in [0.2, 0.25) is 0 Å². The van der Waals surface area contributed by atoms with Gasteiger partial charge in [-0.15, -0.1) is 0 Å². The molecule has 1 saturated heterocycles. The summed E-state index contributed by atoms with van der Waals surface area (Å²) < 4.78 is 20.9. The van der Waals surface area contributed by atoms with Gasteiger partial charge >= 0.3 is 0 Å². The van der Waals surface area contributed by atoms with E-state index < -0.39 is 51.8 Å². The number of Topliss-reactive ketones (excluding diaryl/α,β-unsaturated/α-hetero) is 2. The van der Waals surface area contributed by atoms with Gasteiger partial charge < -0.3 is 19.3 Å². The zero-order valence-corrected chi connectivity index (χ0v) is 34.1. The molecule has 13 nitrogen and oxygen atoms in total. The molecule has 1 saturated carbocycles. The molecule has 2 aromatic carbocycles. The molecule has 1 spiro atoms. The SMILES string of the molecule is CC(C)=CCCC1(C)C=Cc2c(O)c3c(c(CC=C(C)C)c2O1)OC12C(=CC4CC1C(C)(C)OC2(C/C=C(/C)C(=O)NNC(=O)c1ccc(N=[N+]=[N-])cc1)C4=O)C3=O. The normalized spacial score (nSPS) is 26.8. The largest absolute Gasteiger partial charge is 0.506 e. The monoisotopic (exact) mass is 787 g/mol. The van der Waals surface area contributed by atoms with Crippen molar-refractivity contribution >= 4 is 35.1 Å². The van der Waals surface area contributed by atoms with Crippen molar-refractivity contribution in [2.75, 3.05) is 0 Å². The highest BCUT2D eigenvalue weighted by Gasteiger charge is 2.81. The van der Waals surface area contributed by atoms with E-state index in [9.17, 15) is 19.5 Å². The number of ketones is 2. The van der Waals surface area contributed by atoms with E-state index in [0.717, 1.165) is 12.0 Å². The van der Waals surface area contributed by atoms with Crippen molar-refractivity contribution in [2.45, 2.75) is 110 Å². The summed E-state index contributed by atoms with van der Waals surface area (Å²) in [6.45, 7) is 15.4. The predicted molar refractivity (Wildman–Crippen MR) is 217 cm³/mol. The number of amides is 2. The van der Waals surface area contributed by atoms with E-state index in [0.29, 0.717) is 41.8 Å². The van der Waals surface area contributed by atoms with Crippen LogP contribution >= 0.6 is 0 Å². The lowest BCUT2D eigenvalue weighted by Crippen LogP contribution is -2.72. The van der Waals surface area contributed by atoms with Crippen molar-refractivity contribution in [1.29, 1.82) is 0 Å². The third kappa shape index (κ3) is 6.42. The van der Waals surface area contributed by atoms with E-state index in [1.54, 1.807) is 19.1 Å². The van der Waals surface area contributed by atoms with Gasteiger partial charge in [0.05, 0.1) is 11.2 Å². The number of phenolic OH excluding ortho intramolecular Hbond substituents is 1. The highest BCUT2D eigenvalue weighted by molar-refractivity contribution is 6.19. The standard InChI is InChI=1S/C45H49N5O8/c1-24(2)10-9-19-43(8)20-18-30-35(51)34-36(52)32-22-28-23-33-42(6,7)58-44(39(28)53,45(32,33)57-38(34)31(37(30)56-43)16-11-25(3)4)21-17-26(5)40(54)48-49-41(55)27-12-14-29(15-13-27)47-50-46/h10-15,17-18,20,22,28,33,51H,9,16,19,21,23H2,1-8H3,(H,48,54)(H,49,55)/b26-17-. The molecule has 302 valence electrons. The molecule has 2 amide bonds. The molecule has 3 heterocycles. The number of allylic oxidation sites excluding steroid dienone is 5. The van der Waals surface area contributed by atoms with Gasteiger partial charge in [-0.2, -0.15) is 0 Å². The van der Waals surface area contributed by atoms with Crippen molar-refractivity contribution in [3.63, 3.8) is 0 Å². The summed E-state index contributed by atoms with van der Waals surface area (Å²) >= 11 is 0. The van der Waals surface area contributed by atoms with Crippen molar-refractivity contribution in [1.82, 2.24) is 10.9 Å². The number of hydrazine groups is 1. The van der Waals surface area contributed by atoms with Gasteiger partial charge in [0, 0.05) is 51.1 Å². The van der Waals surface area contributed by atoms with Crippen LogP contribution in [-0.4, -0.2) is 50.9 Å². The first kappa shape index (κ1) is 40.3. The van der Waals surface area contributed by atoms with Crippen LogP contribution in [0.15, 0.2) is 82.1 Å². The first-order valence-electron chi connectivity index (χ1n) is 19.6. The Labute approximate surface area is 337 Å². The van der Waals surface area contributed by atoms with Crippen LogP contribution in [0.4, 0.5) is 5.69 Å². The second-order valence-corrected chi connectivity index (χ2v) is 17.1. The van der Waals surface area contributed by atoms with Gasteiger partial charge in [-0.25, -0.2) is 0 Å². The fourth-order valence-corrected chi connectivity index (χ4v) is 9.19. The third-order valence-corrected chi connectivity index (χ3v) is 12.1. The van der Waals surface area contributed by atoms with Gasteiger partial charge in [0.15, 0.2) is 22.8 Å². The maximum absolute atomic E-state index is 15.0. The fourth-order valence-electron chi connectivity index (χ4n) is 9.19. The molecule has 3 N–H and O–H groups in total. The fraction of sp³-hybridized carbons (Fsp3) is 0.422. The molecule has 2 fully saturated rings. The molecule has 0 radical (unpaired) electrons. The van der Waals surface area contributed by atoms with Crippen LogP contribution in [-0.2, 0) is 20.7 Å². The van der Waals surface area contributed by atoms with Gasteiger partial charge in [-0.1, -0.05) is 52.7 Å². The number of ether oxygens (including phenoxy) is 3. The number of aromatic hydroxyl groups is 1. The number of phenols is 1. The number of nitrogens with one attached hydrogen (secondary N) is 2. The maximum Gasteiger partial charge on any atom is 0.269 e. The lowest BCUT2D eigenvalue weighted by atomic mass is 9.51. The Balaban J connectivity index is 1.27. The molecule has 5 atom stereocenters. The van der Waals surface area contributed by atoms with Crippen molar-refractivity contribution < 1.29 is 38.5 Å². The molecule has 0 aromatic heterocycles. The van der Waals surface area contributed by atoms with Gasteiger partial charge in [0.2, 0.25) is 0 Å². The highest BCUT2D eigenvalue weighted by atomic mass is 16.6. The molecule has 8 rings (SSSR count). The Kier molecular flexibility index (Phi) is 10.1. The summed E-state index contributed by atoms with van der Waals surface area (Å²) in [6, 6.07) is 5.85. The lowest BCUT2D eigenvalue weighted by Gasteiger charge is -2.56. The number of nitrogens with zero attached hydrogens (tertiary/aromatic N) is 3. The molecular weight excluding hydrogens is 739 g/mol. The van der Waals surface area contributed by atoms with Crippen LogP contribution in [0.25, 0.3) is 16.5 Å². The van der Waals surface area contributed by atoms with Gasteiger partial charge in [0.25, 0.3) is 11.8 Å². The number of carbonyl (C=O) groups is 4. The minimum absolute atomic E-state index is 0.0239. The summed E-state index contributed by atoms with van der Waals surface area (Å²) in [4.78, 5) is 58.5. The van der Waals surface area contributed by atoms with Crippen LogP contribution in [0.5, 0.6) is 17.2 Å². The van der Waals surface area contributed by atoms with E-state index in [-0.39, 0.29) is 46.0 Å². The third-order valence-electron chi connectivity index (χ3n) is 12.1. The Morgan fingerprint density at radius 1 is 0.983 bits per heavy atom. The van der Waals surface area contributed by atoms with E-state index >= 15 is 4.79 Å². The minimum Gasteiger partial charge on any atom is -0.506 e. The Hall–Kier alpha value is -5.91. The molecule has 13 heteroatoms. The number of hydrogen-bond donors (Lipinski definition) is 3. The second-order valence-electron chi connectivity index (χ2n) is 17.1. The van der Waals surface area contributed by atoms with E-state index in [2.05, 4.69) is 27.0 Å². The average molecular weight is 788 g/mol. The quantitative estimate of drug-likeness (QED) is 0.0533. The van der Waals surface area contributed by atoms with E-state index in [1.165, 1.54) is 29.8 Å². The maximum atomic E-state index is 15.0. The lowest BCUT2D eigenvalue weighted by molar-refractivity contribution is -0.171. The number of azide groups is 1. The number of benzene rings is 2. The van der Waals surface area contributed by atoms with E-state index in [1.807, 2.05) is 66.7 Å². The summed E-state index contributed by atoms with van der Waals surface area (Å²) in [5, 5.41) is 15.4. The highest BCUT2D eigenvalue weighted by Crippen LogP contribution is 2.68. The summed E-state index contributed by atoms with van der Waals surface area (Å²) in [7, 11) is 0. The molecule has 2 aromatic rings. The van der Waals surface area contributed by atoms with Crippen LogP contribution in [0, 0.1) is 11.8 Å². The molecular formula is C45H49N5O8. The molecule has 3 aliphatic carbocycles. The Morgan fingerprint density at radius 2 is 1.69 bits per heavy atom. The second kappa shape index (κ2) is 14.5. The van der Waals surface area contributed by atoms with E-state index in [4.69, 9.17) is 19.7 Å². The van der Waals surface area contributed by atoms with Crippen LogP contribution in [0.1, 0.15) is 113 Å². The molecule has 6 aliphatic rings. The number of hydrogen-bond acceptors (Lipinski definition) is 9. The minimum atomic E-state index is -1.71. The first-order valence-corrected chi connectivity index (χ1v) is 19.6.